The number of unbranched alkanes of at least 4 members (excludes halogenated alkanes) is 7. The zero-order valence-electron chi connectivity index (χ0n) is 39.4. The van der Waals surface area contributed by atoms with Crippen molar-refractivity contribution in [2.75, 3.05) is 82.0 Å². The SMILES string of the molecule is C[C@@H]1CN(CC(=O)N2CC(C)(C)c3nc(CO)c(Cc4ccc(F)cc4)cc32)[C@@H](C(=O)NCCCCCCCCCCNC(=O)COc2c(-c3csc(N4CCOCC4)n3)ccc(F)c2F)CN1. The van der Waals surface area contributed by atoms with Gasteiger partial charge < -0.3 is 40.3 Å². The van der Waals surface area contributed by atoms with E-state index in [0.29, 0.717) is 82.5 Å². The first kappa shape index (κ1) is 50.7. The second kappa shape index (κ2) is 23.9. The number of hydrogen-bond acceptors (Lipinski definition) is 12. The molecule has 2 atom stereocenters. The number of morpholine rings is 1. The number of piperazine rings is 1. The van der Waals surface area contributed by atoms with Crippen LogP contribution in [-0.2, 0) is 37.6 Å². The lowest BCUT2D eigenvalue weighted by atomic mass is 9.90. The molecule has 2 aromatic heterocycles. The van der Waals surface area contributed by atoms with Crippen molar-refractivity contribution >= 4 is 39.9 Å². The molecule has 3 aliphatic heterocycles. The summed E-state index contributed by atoms with van der Waals surface area (Å²) in [5.41, 5.74) is 3.91. The van der Waals surface area contributed by atoms with Crippen LogP contribution in [0.2, 0.25) is 0 Å². The summed E-state index contributed by atoms with van der Waals surface area (Å²) >= 11 is 1.40. The number of anilines is 2. The van der Waals surface area contributed by atoms with Gasteiger partial charge >= 0.3 is 0 Å². The van der Waals surface area contributed by atoms with Gasteiger partial charge in [-0.05, 0) is 67.6 Å². The van der Waals surface area contributed by atoms with E-state index in [4.69, 9.17) is 14.5 Å². The first-order chi connectivity index (χ1) is 32.8. The van der Waals surface area contributed by atoms with Crippen LogP contribution in [0.1, 0.15) is 94.7 Å². The van der Waals surface area contributed by atoms with Gasteiger partial charge in [0.05, 0.1) is 49.1 Å². The molecule has 2 aromatic carbocycles. The first-order valence-electron chi connectivity index (χ1n) is 23.9. The number of ether oxygens (including phenoxy) is 2. The number of halogens is 3. The van der Waals surface area contributed by atoms with Crippen LogP contribution in [0.15, 0.2) is 47.8 Å². The molecule has 0 saturated carbocycles. The van der Waals surface area contributed by atoms with Crippen molar-refractivity contribution in [3.63, 3.8) is 0 Å². The number of amides is 3. The molecule has 2 saturated heterocycles. The highest BCUT2D eigenvalue weighted by Crippen LogP contribution is 2.41. The van der Waals surface area contributed by atoms with E-state index in [9.17, 15) is 32.7 Å². The summed E-state index contributed by atoms with van der Waals surface area (Å²) in [6, 6.07) is 10.2. The molecule has 7 rings (SSSR count). The minimum Gasteiger partial charge on any atom is -0.480 e. The van der Waals surface area contributed by atoms with Crippen molar-refractivity contribution in [1.29, 1.82) is 0 Å². The summed E-state index contributed by atoms with van der Waals surface area (Å²) in [6.07, 6.45) is 8.13. The number of hydrogen-bond donors (Lipinski definition) is 4. The van der Waals surface area contributed by atoms with Crippen LogP contribution in [0.4, 0.5) is 24.0 Å². The largest absolute Gasteiger partial charge is 0.480 e. The van der Waals surface area contributed by atoms with E-state index in [1.165, 1.54) is 29.5 Å². The molecule has 68 heavy (non-hydrogen) atoms. The second-order valence-electron chi connectivity index (χ2n) is 18.7. The van der Waals surface area contributed by atoms with Gasteiger partial charge in [0.2, 0.25) is 17.6 Å². The molecule has 3 amide bonds. The van der Waals surface area contributed by atoms with E-state index in [1.807, 2.05) is 31.7 Å². The molecule has 4 N–H and O–H groups in total. The fourth-order valence-electron chi connectivity index (χ4n) is 9.07. The van der Waals surface area contributed by atoms with Crippen LogP contribution in [0.5, 0.6) is 5.75 Å². The average Bonchev–Trinajstić information content (AvgIpc) is 3.92. The molecular formula is C50H65F3N8O6S. The van der Waals surface area contributed by atoms with E-state index in [-0.39, 0.29) is 48.1 Å². The Morgan fingerprint density at radius 1 is 0.941 bits per heavy atom. The van der Waals surface area contributed by atoms with Crippen LogP contribution in [0, 0.1) is 17.5 Å². The highest BCUT2D eigenvalue weighted by Gasteiger charge is 2.42. The van der Waals surface area contributed by atoms with Gasteiger partial charge in [-0.15, -0.1) is 11.3 Å². The average molecular weight is 963 g/mol. The van der Waals surface area contributed by atoms with E-state index in [2.05, 4.69) is 25.8 Å². The van der Waals surface area contributed by atoms with E-state index >= 15 is 0 Å². The molecule has 18 heteroatoms. The van der Waals surface area contributed by atoms with Crippen LogP contribution in [0.25, 0.3) is 11.3 Å². The Kier molecular flexibility index (Phi) is 17.8. The number of pyridine rings is 1. The van der Waals surface area contributed by atoms with E-state index in [1.54, 1.807) is 22.4 Å². The standard InChI is InChI=1S/C50H65F3N8O6S/c1-33-27-60(28-44(64)61-32-50(2,3)47-41(61)25-35(39(29-62)57-47)24-34-12-14-36(51)15-13-34)42(26-56-33)48(65)55-19-11-9-7-5-4-6-8-10-18-54-43(63)30-67-46-37(16-17-38(52)45(46)53)40-31-68-49(58-40)59-20-22-66-23-21-59/h12-17,25,31,33,42,56,62H,4-11,18-24,26-30,32H2,1-3H3,(H,54,63)(H,55,65)/t33-,42-/m1/s1. The molecular weight excluding hydrogens is 898 g/mol. The Morgan fingerprint density at radius 2 is 1.63 bits per heavy atom. The third kappa shape index (κ3) is 13.1. The first-order valence-corrected chi connectivity index (χ1v) is 24.8. The zero-order chi connectivity index (χ0) is 48.2. The van der Waals surface area contributed by atoms with Gasteiger partial charge in [0.25, 0.3) is 5.91 Å². The predicted molar refractivity (Wildman–Crippen MR) is 257 cm³/mol. The second-order valence-corrected chi connectivity index (χ2v) is 19.5. The third-order valence-electron chi connectivity index (χ3n) is 12.8. The maximum atomic E-state index is 14.9. The van der Waals surface area contributed by atoms with Crippen LogP contribution in [0.3, 0.4) is 0 Å². The number of aromatic nitrogens is 2. The molecule has 0 unspecified atom stereocenters. The lowest BCUT2D eigenvalue weighted by Crippen LogP contribution is -2.62. The number of rotatable bonds is 22. The number of fused-ring (bicyclic) bond motifs is 1. The normalized spacial score (nSPS) is 18.1. The number of nitrogens with zero attached hydrogens (tertiary/aromatic N) is 5. The van der Waals surface area contributed by atoms with Gasteiger partial charge in [0.1, 0.15) is 11.9 Å². The zero-order valence-corrected chi connectivity index (χ0v) is 40.2. The Balaban J connectivity index is 0.777. The summed E-state index contributed by atoms with van der Waals surface area (Å²) in [6.45, 7) is 10.4. The number of nitrogens with one attached hydrogen (secondary N) is 3. The quantitative estimate of drug-likeness (QED) is 0.0659. The number of aliphatic hydroxyl groups excluding tert-OH is 1. The molecule has 0 bridgehead atoms. The lowest BCUT2D eigenvalue weighted by molar-refractivity contribution is -0.129. The molecule has 2 fully saturated rings. The van der Waals surface area contributed by atoms with E-state index < -0.39 is 35.6 Å². The minimum absolute atomic E-state index is 0.0690. The highest BCUT2D eigenvalue weighted by molar-refractivity contribution is 7.14. The van der Waals surface area contributed by atoms with Crippen molar-refractivity contribution in [2.24, 2.45) is 0 Å². The predicted octanol–water partition coefficient (Wildman–Crippen LogP) is 6.26. The summed E-state index contributed by atoms with van der Waals surface area (Å²) in [7, 11) is 0. The van der Waals surface area contributed by atoms with E-state index in [0.717, 1.165) is 79.4 Å². The smallest absolute Gasteiger partial charge is 0.257 e. The minimum atomic E-state index is -1.16. The van der Waals surface area contributed by atoms with Gasteiger partial charge in [0.15, 0.2) is 23.3 Å². The van der Waals surface area contributed by atoms with Crippen molar-refractivity contribution in [2.45, 2.75) is 103 Å². The molecule has 0 spiro atoms. The fraction of sp³-hybridized carbons (Fsp3) is 0.540. The molecule has 368 valence electrons. The van der Waals surface area contributed by atoms with Gasteiger partial charge in [0, 0.05) is 68.2 Å². The maximum Gasteiger partial charge on any atom is 0.257 e. The van der Waals surface area contributed by atoms with Gasteiger partial charge in [-0.3, -0.25) is 24.3 Å². The molecule has 0 radical (unpaired) electrons. The van der Waals surface area contributed by atoms with Gasteiger partial charge in [-0.2, -0.15) is 4.39 Å². The summed E-state index contributed by atoms with van der Waals surface area (Å²) in [5, 5.41) is 22.1. The molecule has 3 aliphatic rings. The summed E-state index contributed by atoms with van der Waals surface area (Å²) in [5.74, 6) is -3.53. The Hall–Kier alpha value is -5.14. The van der Waals surface area contributed by atoms with Crippen molar-refractivity contribution in [3.8, 4) is 17.0 Å². The third-order valence-corrected chi connectivity index (χ3v) is 13.7. The summed E-state index contributed by atoms with van der Waals surface area (Å²) in [4.78, 5) is 55.5. The lowest BCUT2D eigenvalue weighted by Gasteiger charge is -2.38. The van der Waals surface area contributed by atoms with Crippen molar-refractivity contribution in [1.82, 2.24) is 30.8 Å². The number of carbonyl (C=O) groups excluding carboxylic acids is 3. The van der Waals surface area contributed by atoms with Crippen molar-refractivity contribution < 1.29 is 42.1 Å². The maximum absolute atomic E-state index is 14.9. The van der Waals surface area contributed by atoms with Gasteiger partial charge in [-0.25, -0.2) is 13.8 Å². The molecule has 4 aromatic rings. The summed E-state index contributed by atoms with van der Waals surface area (Å²) < 4.78 is 53.7. The monoisotopic (exact) mass is 962 g/mol. The number of benzene rings is 2. The fourth-order valence-corrected chi connectivity index (χ4v) is 9.95. The molecule has 0 aliphatic carbocycles. The topological polar surface area (TPSA) is 161 Å². The number of aliphatic hydroxyl groups is 1. The molecule has 5 heterocycles. The molecule has 14 nitrogen and oxygen atoms in total. The number of thiazole rings is 1. The van der Waals surface area contributed by atoms with Gasteiger partial charge in [-0.1, -0.05) is 64.5 Å². The highest BCUT2D eigenvalue weighted by atomic mass is 32.1. The Labute approximate surface area is 401 Å². The Bertz CT molecular complexity index is 2350. The van der Waals surface area contributed by atoms with Crippen molar-refractivity contribution in [3.05, 3.63) is 87.8 Å². The van der Waals surface area contributed by atoms with Crippen LogP contribution < -0.4 is 30.5 Å². The Morgan fingerprint density at radius 3 is 2.34 bits per heavy atom. The van der Waals surface area contributed by atoms with Crippen LogP contribution >= 0.6 is 11.3 Å². The van der Waals surface area contributed by atoms with Crippen LogP contribution in [-0.4, -0.2) is 122 Å². The number of carbonyl (C=O) groups is 3.